The fourth-order valence-electron chi connectivity index (χ4n) is 3.34. The van der Waals surface area contributed by atoms with Gasteiger partial charge < -0.3 is 25.4 Å². The fraction of sp³-hybridized carbons (Fsp3) is 0.280. The number of aromatic nitrogens is 2. The summed E-state index contributed by atoms with van der Waals surface area (Å²) in [4.78, 5) is 33.7. The standard InChI is InChI=1S/C25H29N5O4/c1-16-13-17(2)28-25(27-16)26-12-8-11-23(31)29-19-14-22(34-4)20(15-21(19)33-3)30-24(32)18-9-6-5-7-10-18/h5-7,9-10,13-15H,8,11-12H2,1-4H3,(H,29,31)(H,30,32)(H,26,27,28). The number of hydrogen-bond donors (Lipinski definition) is 3. The Morgan fingerprint density at radius 1 is 0.853 bits per heavy atom. The van der Waals surface area contributed by atoms with Gasteiger partial charge in [-0.1, -0.05) is 18.2 Å². The van der Waals surface area contributed by atoms with Crippen LogP contribution in [0.2, 0.25) is 0 Å². The smallest absolute Gasteiger partial charge is 0.255 e. The Morgan fingerprint density at radius 2 is 1.44 bits per heavy atom. The van der Waals surface area contributed by atoms with Gasteiger partial charge in [0, 0.05) is 42.0 Å². The normalized spacial score (nSPS) is 10.4. The van der Waals surface area contributed by atoms with E-state index in [2.05, 4.69) is 25.9 Å². The minimum Gasteiger partial charge on any atom is -0.494 e. The molecule has 0 aliphatic heterocycles. The van der Waals surface area contributed by atoms with E-state index >= 15 is 0 Å². The highest BCUT2D eigenvalue weighted by Gasteiger charge is 2.16. The molecule has 2 aromatic carbocycles. The largest absolute Gasteiger partial charge is 0.494 e. The first kappa shape index (κ1) is 24.5. The third kappa shape index (κ3) is 6.68. The van der Waals surface area contributed by atoms with Gasteiger partial charge in [0.25, 0.3) is 5.91 Å². The third-order valence-electron chi connectivity index (χ3n) is 4.93. The van der Waals surface area contributed by atoms with Crippen molar-refractivity contribution in [3.63, 3.8) is 0 Å². The molecule has 0 unspecified atom stereocenters. The van der Waals surface area contributed by atoms with Gasteiger partial charge in [0.15, 0.2) is 0 Å². The predicted molar refractivity (Wildman–Crippen MR) is 132 cm³/mol. The lowest BCUT2D eigenvalue weighted by Crippen LogP contribution is -2.16. The number of anilines is 3. The van der Waals surface area contributed by atoms with Crippen LogP contribution in [-0.2, 0) is 4.79 Å². The highest BCUT2D eigenvalue weighted by atomic mass is 16.5. The van der Waals surface area contributed by atoms with Crippen LogP contribution in [0, 0.1) is 13.8 Å². The molecule has 0 atom stereocenters. The van der Waals surface area contributed by atoms with Gasteiger partial charge in [-0.05, 0) is 38.5 Å². The number of ether oxygens (including phenoxy) is 2. The maximum Gasteiger partial charge on any atom is 0.255 e. The van der Waals surface area contributed by atoms with Crippen LogP contribution < -0.4 is 25.4 Å². The number of carbonyl (C=O) groups is 2. The number of carbonyl (C=O) groups excluding carboxylic acids is 2. The fourth-order valence-corrected chi connectivity index (χ4v) is 3.34. The topological polar surface area (TPSA) is 114 Å². The molecule has 3 rings (SSSR count). The highest BCUT2D eigenvalue weighted by molar-refractivity contribution is 6.05. The van der Waals surface area contributed by atoms with Crippen LogP contribution in [0.25, 0.3) is 0 Å². The van der Waals surface area contributed by atoms with E-state index in [9.17, 15) is 9.59 Å². The molecule has 0 radical (unpaired) electrons. The number of benzene rings is 2. The van der Waals surface area contributed by atoms with E-state index in [4.69, 9.17) is 9.47 Å². The Balaban J connectivity index is 1.61. The van der Waals surface area contributed by atoms with E-state index in [1.54, 1.807) is 36.4 Å². The molecular formula is C25H29N5O4. The third-order valence-corrected chi connectivity index (χ3v) is 4.93. The van der Waals surface area contributed by atoms with E-state index in [0.717, 1.165) is 11.4 Å². The summed E-state index contributed by atoms with van der Waals surface area (Å²) >= 11 is 0. The Labute approximate surface area is 198 Å². The van der Waals surface area contributed by atoms with Crippen molar-refractivity contribution in [1.82, 2.24) is 9.97 Å². The Morgan fingerprint density at radius 3 is 2.03 bits per heavy atom. The summed E-state index contributed by atoms with van der Waals surface area (Å²) in [6.07, 6.45) is 0.878. The van der Waals surface area contributed by atoms with Gasteiger partial charge in [0.05, 0.1) is 25.6 Å². The summed E-state index contributed by atoms with van der Waals surface area (Å²) < 4.78 is 10.9. The van der Waals surface area contributed by atoms with Crippen molar-refractivity contribution in [2.75, 3.05) is 36.7 Å². The maximum atomic E-state index is 12.5. The summed E-state index contributed by atoms with van der Waals surface area (Å²) in [6.45, 7) is 4.38. The zero-order chi connectivity index (χ0) is 24.5. The Kier molecular flexibility index (Phi) is 8.39. The molecule has 0 spiro atoms. The lowest BCUT2D eigenvalue weighted by molar-refractivity contribution is -0.116. The minimum atomic E-state index is -0.280. The van der Waals surface area contributed by atoms with Crippen molar-refractivity contribution >= 4 is 29.1 Å². The van der Waals surface area contributed by atoms with Crippen LogP contribution in [0.3, 0.4) is 0 Å². The quantitative estimate of drug-likeness (QED) is 0.386. The van der Waals surface area contributed by atoms with E-state index in [-0.39, 0.29) is 18.2 Å². The molecule has 0 bridgehead atoms. The molecule has 0 aliphatic carbocycles. The van der Waals surface area contributed by atoms with E-state index in [0.29, 0.717) is 47.4 Å². The summed E-state index contributed by atoms with van der Waals surface area (Å²) in [5.74, 6) is 0.897. The van der Waals surface area contributed by atoms with Gasteiger partial charge in [-0.3, -0.25) is 9.59 Å². The highest BCUT2D eigenvalue weighted by Crippen LogP contribution is 2.36. The van der Waals surface area contributed by atoms with Crippen molar-refractivity contribution in [3.8, 4) is 11.5 Å². The molecule has 3 aromatic rings. The molecule has 3 N–H and O–H groups in total. The SMILES string of the molecule is COc1cc(NC(=O)c2ccccc2)c(OC)cc1NC(=O)CCCNc1nc(C)cc(C)n1. The summed E-state index contributed by atoms with van der Waals surface area (Å²) in [6, 6.07) is 14.0. The molecule has 0 aliphatic rings. The Hall–Kier alpha value is -4.14. The maximum absolute atomic E-state index is 12.5. The summed E-state index contributed by atoms with van der Waals surface area (Å²) in [7, 11) is 2.99. The second-order valence-electron chi connectivity index (χ2n) is 7.63. The monoisotopic (exact) mass is 463 g/mol. The van der Waals surface area contributed by atoms with Gasteiger partial charge >= 0.3 is 0 Å². The molecule has 0 saturated heterocycles. The number of nitrogens with one attached hydrogen (secondary N) is 3. The number of nitrogens with zero attached hydrogens (tertiary/aromatic N) is 2. The van der Waals surface area contributed by atoms with Crippen LogP contribution in [0.5, 0.6) is 11.5 Å². The van der Waals surface area contributed by atoms with E-state index in [1.165, 1.54) is 14.2 Å². The molecule has 1 heterocycles. The molecule has 9 heteroatoms. The van der Waals surface area contributed by atoms with Gasteiger partial charge in [-0.15, -0.1) is 0 Å². The molecule has 9 nitrogen and oxygen atoms in total. The first-order valence-corrected chi connectivity index (χ1v) is 10.9. The Bertz CT molecular complexity index is 1130. The molecule has 178 valence electrons. The molecule has 34 heavy (non-hydrogen) atoms. The lowest BCUT2D eigenvalue weighted by Gasteiger charge is -2.16. The summed E-state index contributed by atoms with van der Waals surface area (Å²) in [5.41, 5.74) is 3.17. The second-order valence-corrected chi connectivity index (χ2v) is 7.63. The number of rotatable bonds is 10. The van der Waals surface area contributed by atoms with Crippen LogP contribution in [0.4, 0.5) is 17.3 Å². The first-order valence-electron chi connectivity index (χ1n) is 10.9. The van der Waals surface area contributed by atoms with Crippen molar-refractivity contribution in [2.24, 2.45) is 0 Å². The van der Waals surface area contributed by atoms with Crippen molar-refractivity contribution < 1.29 is 19.1 Å². The number of aryl methyl sites for hydroxylation is 2. The molecule has 2 amide bonds. The zero-order valence-corrected chi connectivity index (χ0v) is 19.8. The van der Waals surface area contributed by atoms with Crippen LogP contribution >= 0.6 is 0 Å². The van der Waals surface area contributed by atoms with Crippen LogP contribution in [0.1, 0.15) is 34.6 Å². The average Bonchev–Trinajstić information content (AvgIpc) is 2.82. The summed E-state index contributed by atoms with van der Waals surface area (Å²) in [5, 5.41) is 8.81. The van der Waals surface area contributed by atoms with Crippen molar-refractivity contribution in [3.05, 3.63) is 65.5 Å². The first-order chi connectivity index (χ1) is 16.4. The molecule has 0 fully saturated rings. The van der Waals surface area contributed by atoms with Crippen LogP contribution in [-0.4, -0.2) is 42.5 Å². The minimum absolute atomic E-state index is 0.176. The lowest BCUT2D eigenvalue weighted by atomic mass is 10.2. The number of hydrogen-bond acceptors (Lipinski definition) is 7. The van der Waals surface area contributed by atoms with Gasteiger partial charge in [-0.2, -0.15) is 0 Å². The second kappa shape index (κ2) is 11.6. The van der Waals surface area contributed by atoms with E-state index in [1.807, 2.05) is 26.0 Å². The van der Waals surface area contributed by atoms with Crippen molar-refractivity contribution in [2.45, 2.75) is 26.7 Å². The van der Waals surface area contributed by atoms with Crippen LogP contribution in [0.15, 0.2) is 48.5 Å². The molecule has 1 aromatic heterocycles. The molecular weight excluding hydrogens is 434 g/mol. The predicted octanol–water partition coefficient (Wildman–Crippen LogP) is 4.19. The zero-order valence-electron chi connectivity index (χ0n) is 19.8. The van der Waals surface area contributed by atoms with Crippen molar-refractivity contribution in [1.29, 1.82) is 0 Å². The van der Waals surface area contributed by atoms with Gasteiger partial charge in [0.1, 0.15) is 11.5 Å². The number of amides is 2. The van der Waals surface area contributed by atoms with E-state index < -0.39 is 0 Å². The number of methoxy groups -OCH3 is 2. The average molecular weight is 464 g/mol. The molecule has 0 saturated carbocycles. The van der Waals surface area contributed by atoms with Gasteiger partial charge in [0.2, 0.25) is 11.9 Å². The van der Waals surface area contributed by atoms with Gasteiger partial charge in [-0.25, -0.2) is 9.97 Å².